The molecule has 0 aliphatic heterocycles. The molecule has 0 saturated heterocycles. The van der Waals surface area contributed by atoms with Crippen LogP contribution in [0.3, 0.4) is 0 Å². The van der Waals surface area contributed by atoms with Crippen LogP contribution < -0.4 is 5.73 Å². The zero-order valence-corrected chi connectivity index (χ0v) is 13.7. The molecule has 0 saturated carbocycles. The fraction of sp³-hybridized carbons (Fsp3) is 0.438. The smallest absolute Gasteiger partial charge is 0.253 e. The number of hydrogen-bond acceptors (Lipinski definition) is 4. The van der Waals surface area contributed by atoms with Crippen LogP contribution in [0.4, 0.5) is 5.95 Å². The molecule has 0 aliphatic carbocycles. The molecule has 2 aromatic rings. The van der Waals surface area contributed by atoms with Crippen LogP contribution in [0.5, 0.6) is 0 Å². The summed E-state index contributed by atoms with van der Waals surface area (Å²) in [6.45, 7) is 3.82. The summed E-state index contributed by atoms with van der Waals surface area (Å²) in [6.07, 6.45) is 1.03. The summed E-state index contributed by atoms with van der Waals surface area (Å²) in [7, 11) is 6.05. The summed E-state index contributed by atoms with van der Waals surface area (Å²) in [5.41, 5.74) is 7.84. The van der Waals surface area contributed by atoms with Gasteiger partial charge in [-0.1, -0.05) is 18.2 Å². The van der Waals surface area contributed by atoms with E-state index in [4.69, 9.17) is 5.73 Å². The summed E-state index contributed by atoms with van der Waals surface area (Å²) < 4.78 is 0. The number of benzene rings is 1. The summed E-state index contributed by atoms with van der Waals surface area (Å²) >= 11 is 0. The highest BCUT2D eigenvalue weighted by molar-refractivity contribution is 5.83. The van der Waals surface area contributed by atoms with Crippen molar-refractivity contribution in [1.82, 2.24) is 19.8 Å². The Morgan fingerprint density at radius 1 is 1.14 bits per heavy atom. The number of rotatable bonds is 5. The number of nitrogens with zero attached hydrogens (tertiary/aromatic N) is 5. The van der Waals surface area contributed by atoms with Crippen LogP contribution in [-0.4, -0.2) is 60.0 Å². The van der Waals surface area contributed by atoms with Crippen molar-refractivity contribution in [2.75, 3.05) is 34.2 Å². The van der Waals surface area contributed by atoms with Crippen molar-refractivity contribution in [3.05, 3.63) is 30.0 Å². The molecule has 6 nitrogen and oxygen atoms in total. The Morgan fingerprint density at radius 2 is 1.86 bits per heavy atom. The van der Waals surface area contributed by atoms with E-state index in [0.717, 1.165) is 36.1 Å². The lowest BCUT2D eigenvalue weighted by molar-refractivity contribution is 0.369. The molecule has 0 bridgehead atoms. The minimum absolute atomic E-state index is 0.410. The average Bonchev–Trinajstić information content (AvgIpc) is 2.46. The second kappa shape index (κ2) is 7.17. The zero-order chi connectivity index (χ0) is 16.1. The number of guanidine groups is 1. The molecule has 0 spiro atoms. The minimum Gasteiger partial charge on any atom is -0.369 e. The van der Waals surface area contributed by atoms with Crippen LogP contribution >= 0.6 is 0 Å². The molecule has 0 unspecified atom stereocenters. The van der Waals surface area contributed by atoms with Gasteiger partial charge in [0.05, 0.1) is 11.2 Å². The van der Waals surface area contributed by atoms with E-state index in [1.165, 1.54) is 0 Å². The average molecular weight is 300 g/mol. The van der Waals surface area contributed by atoms with Crippen LogP contribution in [0.25, 0.3) is 10.9 Å². The fourth-order valence-electron chi connectivity index (χ4n) is 2.20. The Balaban J connectivity index is 2.14. The lowest BCUT2D eigenvalue weighted by Crippen LogP contribution is -2.35. The minimum atomic E-state index is 0.410. The Morgan fingerprint density at radius 3 is 2.59 bits per heavy atom. The molecule has 0 aliphatic rings. The van der Waals surface area contributed by atoms with Gasteiger partial charge in [-0.25, -0.2) is 9.97 Å². The van der Waals surface area contributed by atoms with Gasteiger partial charge in [-0.15, -0.1) is 0 Å². The number of nitrogens with two attached hydrogens (primary N) is 1. The van der Waals surface area contributed by atoms with E-state index in [1.54, 1.807) is 0 Å². The first-order chi connectivity index (χ1) is 10.5. The molecule has 2 rings (SSSR count). The first kappa shape index (κ1) is 16.2. The molecule has 1 aromatic carbocycles. The number of para-hydroxylation sites is 1. The number of aryl methyl sites for hydroxylation is 1. The Kier molecular flexibility index (Phi) is 5.27. The fourth-order valence-corrected chi connectivity index (χ4v) is 2.20. The van der Waals surface area contributed by atoms with Crippen molar-refractivity contribution in [1.29, 1.82) is 0 Å². The third kappa shape index (κ3) is 4.14. The maximum atomic E-state index is 6.04. The van der Waals surface area contributed by atoms with Crippen molar-refractivity contribution in [2.24, 2.45) is 10.7 Å². The van der Waals surface area contributed by atoms with E-state index in [1.807, 2.05) is 43.1 Å². The largest absolute Gasteiger partial charge is 0.369 e. The number of aliphatic imine (C=N–C) groups is 1. The van der Waals surface area contributed by atoms with Crippen LogP contribution in [0.2, 0.25) is 0 Å². The zero-order valence-electron chi connectivity index (χ0n) is 13.7. The highest BCUT2D eigenvalue weighted by Crippen LogP contribution is 2.17. The number of aromatic nitrogens is 2. The lowest BCUT2D eigenvalue weighted by atomic mass is 10.2. The quantitative estimate of drug-likeness (QED) is 0.673. The molecule has 6 heteroatoms. The van der Waals surface area contributed by atoms with Crippen LogP contribution in [0.1, 0.15) is 12.1 Å². The second-order valence-corrected chi connectivity index (χ2v) is 5.67. The second-order valence-electron chi connectivity index (χ2n) is 5.67. The Hall–Kier alpha value is -2.21. The SMILES string of the molecule is Cc1nc(/N=C(/N)N(C)CCCN(C)C)nc2ccccc12. The molecule has 118 valence electrons. The van der Waals surface area contributed by atoms with Crippen molar-refractivity contribution < 1.29 is 0 Å². The number of fused-ring (bicyclic) bond motifs is 1. The highest BCUT2D eigenvalue weighted by atomic mass is 15.3. The van der Waals surface area contributed by atoms with Gasteiger partial charge in [0.1, 0.15) is 0 Å². The van der Waals surface area contributed by atoms with E-state index >= 15 is 0 Å². The van der Waals surface area contributed by atoms with Gasteiger partial charge in [-0.05, 0) is 40.1 Å². The highest BCUT2D eigenvalue weighted by Gasteiger charge is 2.06. The first-order valence-electron chi connectivity index (χ1n) is 7.41. The summed E-state index contributed by atoms with van der Waals surface area (Å²) in [4.78, 5) is 17.3. The molecule has 0 atom stereocenters. The Bertz CT molecular complexity index is 665. The summed E-state index contributed by atoms with van der Waals surface area (Å²) in [6, 6.07) is 7.91. The van der Waals surface area contributed by atoms with Crippen molar-refractivity contribution in [2.45, 2.75) is 13.3 Å². The topological polar surface area (TPSA) is 70.6 Å². The van der Waals surface area contributed by atoms with Crippen LogP contribution in [0.15, 0.2) is 29.3 Å². The van der Waals surface area contributed by atoms with E-state index in [-0.39, 0.29) is 0 Å². The molecule has 1 heterocycles. The van der Waals surface area contributed by atoms with E-state index < -0.39 is 0 Å². The summed E-state index contributed by atoms with van der Waals surface area (Å²) in [5.74, 6) is 0.849. The van der Waals surface area contributed by atoms with Crippen molar-refractivity contribution >= 4 is 22.8 Å². The van der Waals surface area contributed by atoms with Crippen LogP contribution in [0, 0.1) is 6.92 Å². The Labute approximate surface area is 131 Å². The predicted molar refractivity (Wildman–Crippen MR) is 91.4 cm³/mol. The molecule has 2 N–H and O–H groups in total. The van der Waals surface area contributed by atoms with Crippen molar-refractivity contribution in [3.63, 3.8) is 0 Å². The predicted octanol–water partition coefficient (Wildman–Crippen LogP) is 1.77. The van der Waals surface area contributed by atoms with Gasteiger partial charge < -0.3 is 15.5 Å². The van der Waals surface area contributed by atoms with E-state index in [0.29, 0.717) is 11.9 Å². The maximum absolute atomic E-state index is 6.04. The molecule has 1 aromatic heterocycles. The standard InChI is InChI=1S/C16H24N6/c1-12-13-8-5-6-9-14(13)19-16(18-12)20-15(17)22(4)11-7-10-21(2)3/h5-6,8-9H,7,10-11H2,1-4H3,(H2,17,18,19,20). The van der Waals surface area contributed by atoms with Gasteiger partial charge in [0, 0.05) is 19.0 Å². The van der Waals surface area contributed by atoms with E-state index in [9.17, 15) is 0 Å². The third-order valence-electron chi connectivity index (χ3n) is 3.49. The van der Waals surface area contributed by atoms with Gasteiger partial charge in [-0.2, -0.15) is 4.99 Å². The van der Waals surface area contributed by atoms with Gasteiger partial charge in [0.2, 0.25) is 0 Å². The monoisotopic (exact) mass is 300 g/mol. The van der Waals surface area contributed by atoms with Gasteiger partial charge >= 0.3 is 0 Å². The molecule has 0 amide bonds. The lowest BCUT2D eigenvalue weighted by Gasteiger charge is -2.19. The van der Waals surface area contributed by atoms with Gasteiger partial charge in [0.25, 0.3) is 5.95 Å². The third-order valence-corrected chi connectivity index (χ3v) is 3.49. The summed E-state index contributed by atoms with van der Waals surface area (Å²) in [5, 5.41) is 1.04. The van der Waals surface area contributed by atoms with Gasteiger partial charge in [-0.3, -0.25) is 0 Å². The normalized spacial score (nSPS) is 12.1. The van der Waals surface area contributed by atoms with Crippen molar-refractivity contribution in [3.8, 4) is 0 Å². The van der Waals surface area contributed by atoms with Crippen LogP contribution in [-0.2, 0) is 0 Å². The molecule has 0 fully saturated rings. The molecule has 0 radical (unpaired) electrons. The first-order valence-corrected chi connectivity index (χ1v) is 7.41. The van der Waals surface area contributed by atoms with Gasteiger partial charge in [0.15, 0.2) is 5.96 Å². The number of hydrogen-bond donors (Lipinski definition) is 1. The van der Waals surface area contributed by atoms with E-state index in [2.05, 4.69) is 34.0 Å². The maximum Gasteiger partial charge on any atom is 0.253 e. The molecule has 22 heavy (non-hydrogen) atoms. The molecular formula is C16H24N6. The molecular weight excluding hydrogens is 276 g/mol.